The first-order valence-electron chi connectivity index (χ1n) is 5.18. The third kappa shape index (κ3) is 2.87. The quantitative estimate of drug-likeness (QED) is 0.699. The van der Waals surface area contributed by atoms with Crippen LogP contribution >= 0.6 is 0 Å². The Balaban J connectivity index is 0.000000396. The number of hydrogen-bond donors (Lipinski definition) is 0. The van der Waals surface area contributed by atoms with Crippen molar-refractivity contribution in [1.29, 1.82) is 0 Å². The zero-order chi connectivity index (χ0) is 9.84. The molecule has 13 heavy (non-hydrogen) atoms. The van der Waals surface area contributed by atoms with Gasteiger partial charge < -0.3 is 4.42 Å². The van der Waals surface area contributed by atoms with Crippen molar-refractivity contribution in [2.24, 2.45) is 5.92 Å². The first-order chi connectivity index (χ1) is 6.25. The summed E-state index contributed by atoms with van der Waals surface area (Å²) in [4.78, 5) is 4.32. The van der Waals surface area contributed by atoms with Crippen LogP contribution in [0.1, 0.15) is 44.0 Å². The second-order valence-electron chi connectivity index (χ2n) is 3.40. The molecule has 2 heteroatoms. The van der Waals surface area contributed by atoms with Crippen LogP contribution < -0.4 is 0 Å². The molecule has 0 atom stereocenters. The van der Waals surface area contributed by atoms with Crippen molar-refractivity contribution in [3.63, 3.8) is 0 Å². The van der Waals surface area contributed by atoms with Gasteiger partial charge in [0.1, 0.15) is 5.76 Å². The molecule has 1 aliphatic carbocycles. The molecule has 0 radical (unpaired) electrons. The monoisotopic (exact) mass is 181 g/mol. The number of oxazole rings is 1. The van der Waals surface area contributed by atoms with Crippen molar-refractivity contribution in [2.75, 3.05) is 0 Å². The number of hydrogen-bond acceptors (Lipinski definition) is 2. The maximum atomic E-state index is 5.45. The van der Waals surface area contributed by atoms with Crippen LogP contribution in [0.25, 0.3) is 0 Å². The van der Waals surface area contributed by atoms with Crippen molar-refractivity contribution < 1.29 is 4.42 Å². The Bertz CT molecular complexity index is 242. The van der Waals surface area contributed by atoms with Gasteiger partial charge in [0.15, 0.2) is 5.89 Å². The molecule has 1 aromatic heterocycles. The number of aryl methyl sites for hydroxylation is 2. The summed E-state index contributed by atoms with van der Waals surface area (Å²) in [6, 6.07) is 0. The number of aromatic nitrogens is 1. The average molecular weight is 181 g/mol. The molecule has 2 nitrogen and oxygen atoms in total. The fraction of sp³-hybridized carbons (Fsp3) is 0.727. The molecule has 0 spiro atoms. The summed E-state index contributed by atoms with van der Waals surface area (Å²) in [6.45, 7) is 7.97. The molecule has 1 heterocycles. The highest BCUT2D eigenvalue weighted by molar-refractivity contribution is 5.06. The Hall–Kier alpha value is -0.790. The van der Waals surface area contributed by atoms with E-state index in [4.69, 9.17) is 4.42 Å². The van der Waals surface area contributed by atoms with E-state index in [2.05, 4.69) is 4.98 Å². The van der Waals surface area contributed by atoms with Crippen LogP contribution in [0, 0.1) is 19.8 Å². The third-order valence-electron chi connectivity index (χ3n) is 2.23. The molecule has 0 aromatic carbocycles. The Morgan fingerprint density at radius 2 is 1.92 bits per heavy atom. The topological polar surface area (TPSA) is 26.0 Å². The zero-order valence-corrected chi connectivity index (χ0v) is 9.05. The van der Waals surface area contributed by atoms with E-state index in [1.807, 2.05) is 27.7 Å². The molecule has 1 aromatic rings. The zero-order valence-electron chi connectivity index (χ0n) is 9.05. The van der Waals surface area contributed by atoms with Crippen molar-refractivity contribution in [3.05, 3.63) is 17.3 Å². The van der Waals surface area contributed by atoms with E-state index in [0.717, 1.165) is 29.7 Å². The highest BCUT2D eigenvalue weighted by Crippen LogP contribution is 2.32. The minimum absolute atomic E-state index is 0.868. The lowest BCUT2D eigenvalue weighted by atomic mass is 10.3. The van der Waals surface area contributed by atoms with E-state index in [0.29, 0.717) is 0 Å². The number of nitrogens with zero attached hydrogens (tertiary/aromatic N) is 1. The van der Waals surface area contributed by atoms with Crippen LogP contribution in [0.15, 0.2) is 4.42 Å². The fourth-order valence-corrected chi connectivity index (χ4v) is 1.20. The van der Waals surface area contributed by atoms with E-state index in [9.17, 15) is 0 Å². The van der Waals surface area contributed by atoms with Gasteiger partial charge in [-0.25, -0.2) is 4.98 Å². The standard InChI is InChI=1S/C9H13NO.C2H6/c1-6-7(2)11-9(10-6)5-8-3-4-8;1-2/h8H,3-5H2,1-2H3;1-2H3. The van der Waals surface area contributed by atoms with E-state index < -0.39 is 0 Å². The molecule has 2 rings (SSSR count). The first kappa shape index (κ1) is 10.3. The highest BCUT2D eigenvalue weighted by Gasteiger charge is 2.23. The molecule has 0 saturated heterocycles. The van der Waals surface area contributed by atoms with E-state index in [-0.39, 0.29) is 0 Å². The molecular weight excluding hydrogens is 162 g/mol. The molecule has 0 unspecified atom stereocenters. The minimum atomic E-state index is 0.868. The van der Waals surface area contributed by atoms with Crippen LogP contribution in [-0.4, -0.2) is 4.98 Å². The van der Waals surface area contributed by atoms with Gasteiger partial charge in [-0.05, 0) is 32.6 Å². The summed E-state index contributed by atoms with van der Waals surface area (Å²) >= 11 is 0. The van der Waals surface area contributed by atoms with Crippen LogP contribution in [0.2, 0.25) is 0 Å². The van der Waals surface area contributed by atoms with Crippen LogP contribution in [0.3, 0.4) is 0 Å². The lowest BCUT2D eigenvalue weighted by Gasteiger charge is -1.87. The van der Waals surface area contributed by atoms with Crippen LogP contribution in [-0.2, 0) is 6.42 Å². The number of rotatable bonds is 2. The molecule has 1 saturated carbocycles. The summed E-state index contributed by atoms with van der Waals surface area (Å²) in [6.07, 6.45) is 3.77. The van der Waals surface area contributed by atoms with Gasteiger partial charge in [-0.3, -0.25) is 0 Å². The molecule has 0 amide bonds. The second kappa shape index (κ2) is 4.45. The van der Waals surface area contributed by atoms with Gasteiger partial charge >= 0.3 is 0 Å². The van der Waals surface area contributed by atoms with E-state index in [1.54, 1.807) is 0 Å². The highest BCUT2D eigenvalue weighted by atomic mass is 16.4. The summed E-state index contributed by atoms with van der Waals surface area (Å²) in [7, 11) is 0. The lowest BCUT2D eigenvalue weighted by Crippen LogP contribution is -1.85. The molecule has 1 fully saturated rings. The summed E-state index contributed by atoms with van der Waals surface area (Å²) in [5, 5.41) is 0. The first-order valence-corrected chi connectivity index (χ1v) is 5.18. The Labute approximate surface area is 80.4 Å². The third-order valence-corrected chi connectivity index (χ3v) is 2.23. The van der Waals surface area contributed by atoms with Gasteiger partial charge in [-0.15, -0.1) is 0 Å². The Morgan fingerprint density at radius 1 is 1.31 bits per heavy atom. The summed E-state index contributed by atoms with van der Waals surface area (Å²) in [5.74, 6) is 2.77. The molecule has 0 aliphatic heterocycles. The molecular formula is C11H19NO. The lowest BCUT2D eigenvalue weighted by molar-refractivity contribution is 0.460. The predicted octanol–water partition coefficient (Wildman–Crippen LogP) is 3.27. The second-order valence-corrected chi connectivity index (χ2v) is 3.40. The van der Waals surface area contributed by atoms with Gasteiger partial charge in [0.2, 0.25) is 0 Å². The van der Waals surface area contributed by atoms with Gasteiger partial charge in [-0.2, -0.15) is 0 Å². The molecule has 0 bridgehead atoms. The maximum Gasteiger partial charge on any atom is 0.194 e. The van der Waals surface area contributed by atoms with Crippen molar-refractivity contribution in [2.45, 2.75) is 47.0 Å². The average Bonchev–Trinajstić information content (AvgIpc) is 2.86. The fourth-order valence-electron chi connectivity index (χ4n) is 1.20. The van der Waals surface area contributed by atoms with Gasteiger partial charge in [0, 0.05) is 6.42 Å². The van der Waals surface area contributed by atoms with Gasteiger partial charge in [-0.1, -0.05) is 13.8 Å². The summed E-state index contributed by atoms with van der Waals surface area (Å²) in [5.41, 5.74) is 1.04. The minimum Gasteiger partial charge on any atom is -0.446 e. The SMILES string of the molecule is CC.Cc1nc(CC2CC2)oc1C. The molecule has 74 valence electrons. The summed E-state index contributed by atoms with van der Waals surface area (Å²) < 4.78 is 5.45. The predicted molar refractivity (Wildman–Crippen MR) is 53.8 cm³/mol. The van der Waals surface area contributed by atoms with E-state index in [1.165, 1.54) is 12.8 Å². The van der Waals surface area contributed by atoms with Crippen molar-refractivity contribution in [3.8, 4) is 0 Å². The largest absolute Gasteiger partial charge is 0.446 e. The van der Waals surface area contributed by atoms with Gasteiger partial charge in [0.25, 0.3) is 0 Å². The molecule has 0 N–H and O–H groups in total. The Kier molecular flexibility index (Phi) is 3.52. The normalized spacial score (nSPS) is 15.1. The molecule has 1 aliphatic rings. The van der Waals surface area contributed by atoms with E-state index >= 15 is 0 Å². The maximum absolute atomic E-state index is 5.45. The van der Waals surface area contributed by atoms with Crippen molar-refractivity contribution in [1.82, 2.24) is 4.98 Å². The van der Waals surface area contributed by atoms with Gasteiger partial charge in [0.05, 0.1) is 5.69 Å². The Morgan fingerprint density at radius 3 is 2.31 bits per heavy atom. The van der Waals surface area contributed by atoms with Crippen LogP contribution in [0.5, 0.6) is 0 Å². The van der Waals surface area contributed by atoms with Crippen LogP contribution in [0.4, 0.5) is 0 Å². The smallest absolute Gasteiger partial charge is 0.194 e. The van der Waals surface area contributed by atoms with Crippen molar-refractivity contribution >= 4 is 0 Å².